The maximum absolute atomic E-state index is 4.79. The lowest BCUT2D eigenvalue weighted by molar-refractivity contribution is 0.0964. The molecule has 0 saturated carbocycles. The van der Waals surface area contributed by atoms with Crippen LogP contribution < -0.4 is 4.90 Å². The molecule has 2 unspecified atom stereocenters. The van der Waals surface area contributed by atoms with E-state index in [1.54, 1.807) is 0 Å². The fourth-order valence-electron chi connectivity index (χ4n) is 4.25. The summed E-state index contributed by atoms with van der Waals surface area (Å²) in [6.07, 6.45) is 0. The number of fused-ring (bicyclic) bond motifs is 5. The largest absolute Gasteiger partial charge is 0.362 e. The molecule has 0 saturated heterocycles. The van der Waals surface area contributed by atoms with Crippen molar-refractivity contribution in [2.24, 2.45) is 10.3 Å². The monoisotopic (exact) mass is 362 g/mol. The number of hydrogen-bond donors (Lipinski definition) is 0. The van der Waals surface area contributed by atoms with E-state index in [9.17, 15) is 0 Å². The molecule has 2 heterocycles. The molecule has 0 amide bonds. The summed E-state index contributed by atoms with van der Waals surface area (Å²) in [7, 11) is 0. The SMILES string of the molecule is CC(C)(C)N1Cc2ccccc2C2C(N=NN2C(C)(C)C)c2ccccc21. The quantitative estimate of drug-likeness (QED) is 0.569. The van der Waals surface area contributed by atoms with Gasteiger partial charge in [-0.3, -0.25) is 5.01 Å². The highest BCUT2D eigenvalue weighted by atomic mass is 15.6. The van der Waals surface area contributed by atoms with Crippen LogP contribution in [0, 0.1) is 0 Å². The Morgan fingerprint density at radius 1 is 0.815 bits per heavy atom. The number of rotatable bonds is 0. The summed E-state index contributed by atoms with van der Waals surface area (Å²) < 4.78 is 0. The Balaban J connectivity index is 1.96. The molecule has 0 fully saturated rings. The van der Waals surface area contributed by atoms with E-state index in [2.05, 4.69) is 105 Å². The molecule has 0 spiro atoms. The van der Waals surface area contributed by atoms with Crippen molar-refractivity contribution >= 4 is 5.69 Å². The van der Waals surface area contributed by atoms with Crippen LogP contribution in [0.25, 0.3) is 0 Å². The Labute approximate surface area is 162 Å². The molecular formula is C23H30N4. The maximum Gasteiger partial charge on any atom is 0.126 e. The number of benzene rings is 2. The van der Waals surface area contributed by atoms with Gasteiger partial charge in [0.25, 0.3) is 0 Å². The zero-order valence-corrected chi connectivity index (χ0v) is 17.3. The van der Waals surface area contributed by atoms with Crippen LogP contribution in [0.3, 0.4) is 0 Å². The van der Waals surface area contributed by atoms with Crippen LogP contribution in [0.2, 0.25) is 0 Å². The molecular weight excluding hydrogens is 332 g/mol. The van der Waals surface area contributed by atoms with Crippen molar-refractivity contribution < 1.29 is 0 Å². The molecule has 2 atom stereocenters. The molecule has 4 rings (SSSR count). The van der Waals surface area contributed by atoms with Gasteiger partial charge in [-0.2, -0.15) is 5.11 Å². The van der Waals surface area contributed by atoms with Gasteiger partial charge < -0.3 is 4.90 Å². The van der Waals surface area contributed by atoms with E-state index in [0.29, 0.717) is 0 Å². The fraction of sp³-hybridized carbons (Fsp3) is 0.478. The number of hydrogen-bond acceptors (Lipinski definition) is 4. The van der Waals surface area contributed by atoms with Crippen LogP contribution in [0.4, 0.5) is 5.69 Å². The van der Waals surface area contributed by atoms with Gasteiger partial charge in [-0.15, -0.1) is 0 Å². The summed E-state index contributed by atoms with van der Waals surface area (Å²) >= 11 is 0. The lowest BCUT2D eigenvalue weighted by Crippen LogP contribution is -2.44. The van der Waals surface area contributed by atoms with Crippen LogP contribution in [0.5, 0.6) is 0 Å². The molecule has 0 bridgehead atoms. The highest BCUT2D eigenvalue weighted by Crippen LogP contribution is 2.50. The Bertz CT molecular complexity index is 872. The first-order valence-corrected chi connectivity index (χ1v) is 9.82. The molecule has 2 aromatic rings. The first-order valence-electron chi connectivity index (χ1n) is 9.82. The summed E-state index contributed by atoms with van der Waals surface area (Å²) in [5.74, 6) is 0. The average Bonchev–Trinajstić information content (AvgIpc) is 3.02. The Hall–Kier alpha value is -2.36. The smallest absolute Gasteiger partial charge is 0.126 e. The standard InChI is InChI=1S/C23H30N4/c1-22(2,3)26-15-16-11-7-8-12-17(16)21-20(18-13-9-10-14-19(18)26)24-25-27(21)23(4,5)6/h7-14,20-21H,15H2,1-6H3. The predicted octanol–water partition coefficient (Wildman–Crippen LogP) is 6.07. The van der Waals surface area contributed by atoms with Gasteiger partial charge in [-0.25, -0.2) is 0 Å². The van der Waals surface area contributed by atoms with Crippen molar-refractivity contribution in [3.63, 3.8) is 0 Å². The van der Waals surface area contributed by atoms with Crippen LogP contribution in [0.1, 0.15) is 70.3 Å². The van der Waals surface area contributed by atoms with Crippen molar-refractivity contribution in [2.75, 3.05) is 4.90 Å². The van der Waals surface area contributed by atoms with Crippen LogP contribution in [-0.4, -0.2) is 16.1 Å². The van der Waals surface area contributed by atoms with Crippen molar-refractivity contribution in [1.82, 2.24) is 5.01 Å². The molecule has 2 aliphatic heterocycles. The van der Waals surface area contributed by atoms with Gasteiger partial charge in [0.05, 0.1) is 5.54 Å². The normalized spacial score (nSPS) is 22.0. The second-order valence-corrected chi connectivity index (χ2v) is 9.62. The molecule has 142 valence electrons. The second kappa shape index (κ2) is 6.08. The van der Waals surface area contributed by atoms with Gasteiger partial charge in [0.15, 0.2) is 0 Å². The predicted molar refractivity (Wildman–Crippen MR) is 111 cm³/mol. The fourth-order valence-corrected chi connectivity index (χ4v) is 4.25. The van der Waals surface area contributed by atoms with Crippen LogP contribution >= 0.6 is 0 Å². The summed E-state index contributed by atoms with van der Waals surface area (Å²) in [6.45, 7) is 14.4. The van der Waals surface area contributed by atoms with Gasteiger partial charge >= 0.3 is 0 Å². The van der Waals surface area contributed by atoms with Crippen molar-refractivity contribution in [1.29, 1.82) is 0 Å². The third kappa shape index (κ3) is 3.01. The van der Waals surface area contributed by atoms with Crippen molar-refractivity contribution in [2.45, 2.75) is 71.2 Å². The zero-order chi connectivity index (χ0) is 19.4. The number of para-hydroxylation sites is 1. The topological polar surface area (TPSA) is 31.2 Å². The molecule has 4 heteroatoms. The first kappa shape index (κ1) is 18.0. The first-order chi connectivity index (χ1) is 12.7. The second-order valence-electron chi connectivity index (χ2n) is 9.62. The Kier molecular flexibility index (Phi) is 4.06. The van der Waals surface area contributed by atoms with Crippen molar-refractivity contribution in [3.8, 4) is 0 Å². The van der Waals surface area contributed by atoms with E-state index >= 15 is 0 Å². The summed E-state index contributed by atoms with van der Waals surface area (Å²) in [4.78, 5) is 2.51. The molecule has 0 N–H and O–H groups in total. The summed E-state index contributed by atoms with van der Waals surface area (Å²) in [5, 5.41) is 11.6. The van der Waals surface area contributed by atoms with E-state index in [1.165, 1.54) is 22.4 Å². The van der Waals surface area contributed by atoms with Crippen molar-refractivity contribution in [3.05, 3.63) is 65.2 Å². The minimum absolute atomic E-state index is 0.00623. The van der Waals surface area contributed by atoms with Crippen LogP contribution in [0.15, 0.2) is 58.9 Å². The minimum Gasteiger partial charge on any atom is -0.362 e. The molecule has 27 heavy (non-hydrogen) atoms. The molecule has 2 aromatic carbocycles. The molecule has 2 aliphatic rings. The maximum atomic E-state index is 4.79. The van der Waals surface area contributed by atoms with E-state index < -0.39 is 0 Å². The van der Waals surface area contributed by atoms with E-state index in [4.69, 9.17) is 5.11 Å². The lowest BCUT2D eigenvalue weighted by Gasteiger charge is -2.44. The van der Waals surface area contributed by atoms with E-state index in [1.807, 2.05) is 0 Å². The third-order valence-corrected chi connectivity index (χ3v) is 5.58. The molecule has 0 radical (unpaired) electrons. The lowest BCUT2D eigenvalue weighted by atomic mass is 9.85. The number of anilines is 1. The minimum atomic E-state index is -0.0894. The van der Waals surface area contributed by atoms with Gasteiger partial charge in [0.2, 0.25) is 0 Å². The summed E-state index contributed by atoms with van der Waals surface area (Å²) in [5.41, 5.74) is 5.15. The third-order valence-electron chi connectivity index (χ3n) is 5.58. The molecule has 0 aromatic heterocycles. The average molecular weight is 363 g/mol. The zero-order valence-electron chi connectivity index (χ0n) is 17.3. The van der Waals surface area contributed by atoms with Gasteiger partial charge in [-0.1, -0.05) is 47.7 Å². The van der Waals surface area contributed by atoms with Gasteiger partial charge in [-0.05, 0) is 58.7 Å². The van der Waals surface area contributed by atoms with E-state index in [-0.39, 0.29) is 23.2 Å². The molecule has 4 nitrogen and oxygen atoms in total. The Morgan fingerprint density at radius 3 is 2.11 bits per heavy atom. The van der Waals surface area contributed by atoms with Gasteiger partial charge in [0.1, 0.15) is 12.1 Å². The highest BCUT2D eigenvalue weighted by Gasteiger charge is 2.44. The Morgan fingerprint density at radius 2 is 1.44 bits per heavy atom. The number of nitrogens with zero attached hydrogens (tertiary/aromatic N) is 4. The highest BCUT2D eigenvalue weighted by molar-refractivity contribution is 5.59. The van der Waals surface area contributed by atoms with Crippen LogP contribution in [-0.2, 0) is 6.54 Å². The molecule has 0 aliphatic carbocycles. The van der Waals surface area contributed by atoms with E-state index in [0.717, 1.165) is 6.54 Å². The van der Waals surface area contributed by atoms with Gasteiger partial charge in [0, 0.05) is 23.3 Å². The summed E-state index contributed by atoms with van der Waals surface area (Å²) in [6, 6.07) is 17.7.